The first-order valence-corrected chi connectivity index (χ1v) is 8.93. The van der Waals surface area contributed by atoms with E-state index in [1.165, 1.54) is 7.11 Å². The van der Waals surface area contributed by atoms with Gasteiger partial charge in [-0.05, 0) is 47.9 Å². The summed E-state index contributed by atoms with van der Waals surface area (Å²) in [7, 11) is 2.95. The molecule has 0 atom stereocenters. The Morgan fingerprint density at radius 1 is 1.11 bits per heavy atom. The maximum atomic E-state index is 11.8. The van der Waals surface area contributed by atoms with Gasteiger partial charge in [0.15, 0.2) is 0 Å². The van der Waals surface area contributed by atoms with Gasteiger partial charge in [-0.2, -0.15) is 0 Å². The van der Waals surface area contributed by atoms with E-state index in [2.05, 4.69) is 17.7 Å². The van der Waals surface area contributed by atoms with E-state index in [1.807, 2.05) is 24.3 Å². The van der Waals surface area contributed by atoms with E-state index in [9.17, 15) is 9.59 Å². The lowest BCUT2D eigenvalue weighted by molar-refractivity contribution is 0.0600. The molecule has 0 radical (unpaired) electrons. The minimum atomic E-state index is -0.393. The van der Waals surface area contributed by atoms with Crippen molar-refractivity contribution in [3.05, 3.63) is 64.8 Å². The molecular formula is C22H23NO4. The largest absolute Gasteiger partial charge is 0.496 e. The Kier molecular flexibility index (Phi) is 5.60. The fourth-order valence-electron chi connectivity index (χ4n) is 3.37. The summed E-state index contributed by atoms with van der Waals surface area (Å²) >= 11 is 0. The van der Waals surface area contributed by atoms with E-state index in [0.717, 1.165) is 41.3 Å². The summed E-state index contributed by atoms with van der Waals surface area (Å²) in [5, 5.41) is 1.06. The molecule has 0 bridgehead atoms. The van der Waals surface area contributed by atoms with Crippen LogP contribution >= 0.6 is 0 Å². The van der Waals surface area contributed by atoms with Gasteiger partial charge in [0.25, 0.3) is 0 Å². The van der Waals surface area contributed by atoms with Crippen LogP contribution in [0.1, 0.15) is 45.2 Å². The molecule has 1 heterocycles. The first-order chi connectivity index (χ1) is 13.1. The lowest BCUT2D eigenvalue weighted by Gasteiger charge is -2.10. The number of fused-ring (bicyclic) bond motifs is 1. The van der Waals surface area contributed by atoms with Gasteiger partial charge in [0, 0.05) is 35.6 Å². The molecule has 0 unspecified atom stereocenters. The number of rotatable bonds is 7. The number of nitrogens with zero attached hydrogens (tertiary/aromatic N) is 1. The Morgan fingerprint density at radius 3 is 2.59 bits per heavy atom. The van der Waals surface area contributed by atoms with Gasteiger partial charge in [0.05, 0.1) is 19.8 Å². The lowest BCUT2D eigenvalue weighted by Crippen LogP contribution is -2.03. The van der Waals surface area contributed by atoms with Crippen LogP contribution < -0.4 is 4.74 Å². The number of aromatic nitrogens is 1. The minimum absolute atomic E-state index is 0.393. The van der Waals surface area contributed by atoms with Crippen LogP contribution in [0.4, 0.5) is 0 Å². The molecule has 5 heteroatoms. The van der Waals surface area contributed by atoms with Crippen LogP contribution in [0.15, 0.2) is 42.6 Å². The van der Waals surface area contributed by atoms with Gasteiger partial charge in [-0.15, -0.1) is 0 Å². The fraction of sp³-hybridized carbons (Fsp3) is 0.273. The quantitative estimate of drug-likeness (QED) is 0.464. The van der Waals surface area contributed by atoms with Crippen LogP contribution in [0.3, 0.4) is 0 Å². The van der Waals surface area contributed by atoms with Crippen molar-refractivity contribution >= 4 is 23.2 Å². The molecule has 0 saturated carbocycles. The Labute approximate surface area is 158 Å². The molecule has 0 spiro atoms. The predicted octanol–water partition coefficient (Wildman–Crippen LogP) is 4.25. The Bertz CT molecular complexity index is 987. The summed E-state index contributed by atoms with van der Waals surface area (Å²) in [6.07, 6.45) is 4.67. The number of aldehydes is 1. The van der Waals surface area contributed by atoms with Crippen molar-refractivity contribution in [2.45, 2.75) is 26.3 Å². The average molecular weight is 365 g/mol. The highest BCUT2D eigenvalue weighted by molar-refractivity contribution is 5.91. The average Bonchev–Trinajstić information content (AvgIpc) is 3.04. The fourth-order valence-corrected chi connectivity index (χ4v) is 3.37. The van der Waals surface area contributed by atoms with Crippen LogP contribution in [-0.4, -0.2) is 31.0 Å². The van der Waals surface area contributed by atoms with Crippen molar-refractivity contribution in [3.8, 4) is 5.75 Å². The van der Waals surface area contributed by atoms with Gasteiger partial charge < -0.3 is 14.0 Å². The summed E-state index contributed by atoms with van der Waals surface area (Å²) in [5.41, 5.74) is 4.31. The molecule has 0 aliphatic carbocycles. The standard InChI is InChI=1S/C22H23NO4/c1-4-9-23-13-18(19-10-15(14-24)5-8-20(19)23)11-16-6-7-17(22(25)27-3)12-21(16)26-2/h5-8,10,12-14H,4,9,11H2,1-3H3. The third-order valence-electron chi connectivity index (χ3n) is 4.68. The smallest absolute Gasteiger partial charge is 0.337 e. The summed E-state index contributed by atoms with van der Waals surface area (Å²) in [4.78, 5) is 23.0. The maximum Gasteiger partial charge on any atom is 0.337 e. The molecule has 0 N–H and O–H groups in total. The van der Waals surface area contributed by atoms with E-state index in [-0.39, 0.29) is 0 Å². The second-order valence-corrected chi connectivity index (χ2v) is 6.44. The number of methoxy groups -OCH3 is 2. The number of esters is 1. The number of hydrogen-bond acceptors (Lipinski definition) is 4. The Hall–Kier alpha value is -3.08. The number of aryl methyl sites for hydroxylation is 1. The molecule has 5 nitrogen and oxygen atoms in total. The molecule has 140 valence electrons. The second-order valence-electron chi connectivity index (χ2n) is 6.44. The van der Waals surface area contributed by atoms with Gasteiger partial charge in [0.2, 0.25) is 0 Å². The van der Waals surface area contributed by atoms with E-state index >= 15 is 0 Å². The number of hydrogen-bond donors (Lipinski definition) is 0. The summed E-state index contributed by atoms with van der Waals surface area (Å²) in [6.45, 7) is 3.05. The third kappa shape index (κ3) is 3.72. The van der Waals surface area contributed by atoms with Crippen molar-refractivity contribution in [1.29, 1.82) is 0 Å². The van der Waals surface area contributed by atoms with Crippen molar-refractivity contribution in [2.24, 2.45) is 0 Å². The van der Waals surface area contributed by atoms with Crippen molar-refractivity contribution in [1.82, 2.24) is 4.57 Å². The van der Waals surface area contributed by atoms with E-state index in [1.54, 1.807) is 19.2 Å². The van der Waals surface area contributed by atoms with E-state index in [0.29, 0.717) is 23.3 Å². The third-order valence-corrected chi connectivity index (χ3v) is 4.68. The second kappa shape index (κ2) is 8.08. The number of carbonyl (C=O) groups excluding carboxylic acids is 2. The number of ether oxygens (including phenoxy) is 2. The van der Waals surface area contributed by atoms with Crippen LogP contribution in [-0.2, 0) is 17.7 Å². The highest BCUT2D eigenvalue weighted by Gasteiger charge is 2.14. The molecule has 0 saturated heterocycles. The molecule has 3 rings (SSSR count). The van der Waals surface area contributed by atoms with Crippen molar-refractivity contribution < 1.29 is 19.1 Å². The van der Waals surface area contributed by atoms with E-state index < -0.39 is 5.97 Å². The normalized spacial score (nSPS) is 10.8. The number of carbonyl (C=O) groups is 2. The maximum absolute atomic E-state index is 11.8. The summed E-state index contributed by atoms with van der Waals surface area (Å²) in [5.74, 6) is 0.246. The van der Waals surface area contributed by atoms with E-state index in [4.69, 9.17) is 9.47 Å². The summed E-state index contributed by atoms with van der Waals surface area (Å²) in [6, 6.07) is 11.1. The van der Waals surface area contributed by atoms with Gasteiger partial charge in [-0.1, -0.05) is 13.0 Å². The SMILES string of the molecule is CCCn1cc(Cc2ccc(C(=O)OC)cc2OC)c2cc(C=O)ccc21. The van der Waals surface area contributed by atoms with Crippen LogP contribution in [0.25, 0.3) is 10.9 Å². The molecule has 3 aromatic rings. The van der Waals surface area contributed by atoms with Crippen LogP contribution in [0.5, 0.6) is 5.75 Å². The highest BCUT2D eigenvalue weighted by atomic mass is 16.5. The lowest BCUT2D eigenvalue weighted by atomic mass is 10.0. The van der Waals surface area contributed by atoms with Crippen molar-refractivity contribution in [2.75, 3.05) is 14.2 Å². The molecule has 2 aromatic carbocycles. The Morgan fingerprint density at radius 2 is 1.93 bits per heavy atom. The molecular weight excluding hydrogens is 342 g/mol. The zero-order valence-corrected chi connectivity index (χ0v) is 15.8. The zero-order valence-electron chi connectivity index (χ0n) is 15.8. The predicted molar refractivity (Wildman–Crippen MR) is 105 cm³/mol. The minimum Gasteiger partial charge on any atom is -0.496 e. The monoisotopic (exact) mass is 365 g/mol. The molecule has 0 amide bonds. The molecule has 0 aliphatic rings. The Balaban J connectivity index is 2.05. The van der Waals surface area contributed by atoms with Crippen LogP contribution in [0, 0.1) is 0 Å². The van der Waals surface area contributed by atoms with Gasteiger partial charge in [-0.25, -0.2) is 4.79 Å². The first-order valence-electron chi connectivity index (χ1n) is 8.93. The topological polar surface area (TPSA) is 57.5 Å². The highest BCUT2D eigenvalue weighted by Crippen LogP contribution is 2.29. The van der Waals surface area contributed by atoms with Gasteiger partial charge >= 0.3 is 5.97 Å². The number of benzene rings is 2. The summed E-state index contributed by atoms with van der Waals surface area (Å²) < 4.78 is 12.5. The zero-order chi connectivity index (χ0) is 19.4. The molecule has 27 heavy (non-hydrogen) atoms. The van der Waals surface area contributed by atoms with Crippen LogP contribution in [0.2, 0.25) is 0 Å². The van der Waals surface area contributed by atoms with Crippen molar-refractivity contribution in [3.63, 3.8) is 0 Å². The van der Waals surface area contributed by atoms with Gasteiger partial charge in [-0.3, -0.25) is 4.79 Å². The molecule has 0 aliphatic heterocycles. The van der Waals surface area contributed by atoms with Gasteiger partial charge in [0.1, 0.15) is 12.0 Å². The molecule has 0 fully saturated rings. The first kappa shape index (κ1) is 18.7. The molecule has 1 aromatic heterocycles.